The lowest BCUT2D eigenvalue weighted by Crippen LogP contribution is -2.18. The summed E-state index contributed by atoms with van der Waals surface area (Å²) < 4.78 is 29.4. The Morgan fingerprint density at radius 1 is 1.19 bits per heavy atom. The third-order valence-corrected chi connectivity index (χ3v) is 1.66. The topological polar surface area (TPSA) is 9.23 Å². The van der Waals surface area contributed by atoms with Crippen molar-refractivity contribution in [2.75, 3.05) is 0 Å². The van der Waals surface area contributed by atoms with Crippen LogP contribution in [0.2, 0.25) is 0 Å². The standard InChI is InChI=1S/C13H14F2O/c1-10(2)4-5-11-6-8-12(9-7-11)16-13(3,14)15/h6-10H,1-3H3. The highest BCUT2D eigenvalue weighted by molar-refractivity contribution is 5.38. The third kappa shape index (κ3) is 4.79. The maximum Gasteiger partial charge on any atom is 0.394 e. The van der Waals surface area contributed by atoms with Crippen molar-refractivity contribution in [1.82, 2.24) is 0 Å². The van der Waals surface area contributed by atoms with Gasteiger partial charge < -0.3 is 4.74 Å². The van der Waals surface area contributed by atoms with Crippen molar-refractivity contribution in [3.63, 3.8) is 0 Å². The molecule has 1 aromatic carbocycles. The van der Waals surface area contributed by atoms with Crippen molar-refractivity contribution >= 4 is 0 Å². The van der Waals surface area contributed by atoms with Gasteiger partial charge in [0.2, 0.25) is 0 Å². The Kier molecular flexibility index (Phi) is 3.89. The van der Waals surface area contributed by atoms with Crippen molar-refractivity contribution in [3.05, 3.63) is 29.8 Å². The van der Waals surface area contributed by atoms with E-state index in [1.807, 2.05) is 13.8 Å². The van der Waals surface area contributed by atoms with Crippen molar-refractivity contribution < 1.29 is 13.5 Å². The predicted molar refractivity (Wildman–Crippen MR) is 59.4 cm³/mol. The van der Waals surface area contributed by atoms with Gasteiger partial charge in [-0.1, -0.05) is 25.7 Å². The number of alkyl halides is 2. The second-order valence-corrected chi connectivity index (χ2v) is 3.86. The fraction of sp³-hybridized carbons (Fsp3) is 0.385. The van der Waals surface area contributed by atoms with Gasteiger partial charge in [-0.2, -0.15) is 8.78 Å². The second-order valence-electron chi connectivity index (χ2n) is 3.86. The van der Waals surface area contributed by atoms with E-state index in [4.69, 9.17) is 0 Å². The summed E-state index contributed by atoms with van der Waals surface area (Å²) in [4.78, 5) is 0. The van der Waals surface area contributed by atoms with Gasteiger partial charge in [0.25, 0.3) is 0 Å². The van der Waals surface area contributed by atoms with Gasteiger partial charge in [-0.05, 0) is 24.3 Å². The van der Waals surface area contributed by atoms with Crippen molar-refractivity contribution in [2.24, 2.45) is 5.92 Å². The number of ether oxygens (including phenoxy) is 1. The molecule has 0 aliphatic carbocycles. The van der Waals surface area contributed by atoms with Gasteiger partial charge in [-0.15, -0.1) is 0 Å². The summed E-state index contributed by atoms with van der Waals surface area (Å²) in [5.74, 6) is 6.36. The molecule has 0 fully saturated rings. The highest BCUT2D eigenvalue weighted by Gasteiger charge is 2.22. The minimum Gasteiger partial charge on any atom is -0.433 e. The van der Waals surface area contributed by atoms with Gasteiger partial charge in [0, 0.05) is 18.4 Å². The van der Waals surface area contributed by atoms with E-state index < -0.39 is 6.11 Å². The first-order valence-corrected chi connectivity index (χ1v) is 5.05. The molecule has 0 spiro atoms. The van der Waals surface area contributed by atoms with Gasteiger partial charge in [0.15, 0.2) is 0 Å². The van der Waals surface area contributed by atoms with Crippen LogP contribution in [0.25, 0.3) is 0 Å². The maximum absolute atomic E-state index is 12.5. The minimum absolute atomic E-state index is 0.141. The molecule has 16 heavy (non-hydrogen) atoms. The molecular weight excluding hydrogens is 210 g/mol. The van der Waals surface area contributed by atoms with Crippen LogP contribution in [0.4, 0.5) is 8.78 Å². The SMILES string of the molecule is CC(C)C#Cc1ccc(OC(C)(F)F)cc1. The zero-order valence-corrected chi connectivity index (χ0v) is 9.55. The highest BCUT2D eigenvalue weighted by atomic mass is 19.3. The van der Waals surface area contributed by atoms with Gasteiger partial charge in [-0.3, -0.25) is 0 Å². The van der Waals surface area contributed by atoms with E-state index in [1.165, 1.54) is 12.1 Å². The van der Waals surface area contributed by atoms with Crippen LogP contribution in [0, 0.1) is 17.8 Å². The zero-order chi connectivity index (χ0) is 12.2. The molecule has 0 N–H and O–H groups in total. The smallest absolute Gasteiger partial charge is 0.394 e. The van der Waals surface area contributed by atoms with E-state index in [0.717, 1.165) is 5.56 Å². The molecule has 1 rings (SSSR count). The van der Waals surface area contributed by atoms with Crippen molar-refractivity contribution in [2.45, 2.75) is 26.9 Å². The van der Waals surface area contributed by atoms with Crippen LogP contribution in [-0.2, 0) is 0 Å². The lowest BCUT2D eigenvalue weighted by molar-refractivity contribution is -0.158. The Morgan fingerprint density at radius 2 is 1.75 bits per heavy atom. The molecule has 0 unspecified atom stereocenters. The van der Waals surface area contributed by atoms with Gasteiger partial charge in [0.05, 0.1) is 0 Å². The fourth-order valence-corrected chi connectivity index (χ4v) is 1.04. The number of rotatable bonds is 2. The van der Waals surface area contributed by atoms with Crippen LogP contribution >= 0.6 is 0 Å². The largest absolute Gasteiger partial charge is 0.433 e. The molecular formula is C13H14F2O. The maximum atomic E-state index is 12.5. The molecule has 0 aliphatic heterocycles. The monoisotopic (exact) mass is 224 g/mol. The summed E-state index contributed by atoms with van der Waals surface area (Å²) in [6.07, 6.45) is -3.15. The summed E-state index contributed by atoms with van der Waals surface area (Å²) in [6.45, 7) is 4.68. The molecule has 0 radical (unpaired) electrons. The third-order valence-electron chi connectivity index (χ3n) is 1.66. The minimum atomic E-state index is -3.15. The molecule has 3 heteroatoms. The van der Waals surface area contributed by atoms with E-state index >= 15 is 0 Å². The number of hydrogen-bond acceptors (Lipinski definition) is 1. The van der Waals surface area contributed by atoms with Crippen molar-refractivity contribution in [3.8, 4) is 17.6 Å². The molecule has 0 amide bonds. The Morgan fingerprint density at radius 3 is 2.19 bits per heavy atom. The predicted octanol–water partition coefficient (Wildman–Crippen LogP) is 3.69. The highest BCUT2D eigenvalue weighted by Crippen LogP contribution is 2.20. The van der Waals surface area contributed by atoms with Gasteiger partial charge >= 0.3 is 6.11 Å². The van der Waals surface area contributed by atoms with Crippen LogP contribution in [0.1, 0.15) is 26.3 Å². The average molecular weight is 224 g/mol. The summed E-state index contributed by atoms with van der Waals surface area (Å²) in [5.41, 5.74) is 0.792. The molecule has 1 aromatic rings. The van der Waals surface area contributed by atoms with E-state index in [-0.39, 0.29) is 11.7 Å². The quantitative estimate of drug-likeness (QED) is 0.696. The van der Waals surface area contributed by atoms with Crippen LogP contribution in [0.15, 0.2) is 24.3 Å². The van der Waals surface area contributed by atoms with Crippen LogP contribution in [0.5, 0.6) is 5.75 Å². The van der Waals surface area contributed by atoms with E-state index in [2.05, 4.69) is 16.6 Å². The molecule has 0 bridgehead atoms. The van der Waals surface area contributed by atoms with Gasteiger partial charge in [-0.25, -0.2) is 0 Å². The summed E-state index contributed by atoms with van der Waals surface area (Å²) in [6, 6.07) is 6.30. The molecule has 0 heterocycles. The summed E-state index contributed by atoms with van der Waals surface area (Å²) >= 11 is 0. The number of benzene rings is 1. The molecule has 0 saturated carbocycles. The molecule has 1 nitrogen and oxygen atoms in total. The fourth-order valence-electron chi connectivity index (χ4n) is 1.04. The second kappa shape index (κ2) is 4.98. The Balaban J connectivity index is 2.73. The van der Waals surface area contributed by atoms with Crippen LogP contribution < -0.4 is 4.74 Å². The first-order valence-electron chi connectivity index (χ1n) is 5.05. The summed E-state index contributed by atoms with van der Waals surface area (Å²) in [7, 11) is 0. The van der Waals surface area contributed by atoms with Crippen molar-refractivity contribution in [1.29, 1.82) is 0 Å². The molecule has 0 saturated heterocycles. The number of halogens is 2. The Hall–Kier alpha value is -1.56. The van der Waals surface area contributed by atoms with Gasteiger partial charge in [0.1, 0.15) is 5.75 Å². The number of hydrogen-bond donors (Lipinski definition) is 0. The first-order chi connectivity index (χ1) is 7.37. The van der Waals surface area contributed by atoms with E-state index in [0.29, 0.717) is 6.92 Å². The van der Waals surface area contributed by atoms with E-state index in [9.17, 15) is 8.78 Å². The Labute approximate surface area is 94.4 Å². The zero-order valence-electron chi connectivity index (χ0n) is 9.55. The molecule has 0 aliphatic rings. The van der Waals surface area contributed by atoms with Crippen LogP contribution in [-0.4, -0.2) is 6.11 Å². The van der Waals surface area contributed by atoms with E-state index in [1.54, 1.807) is 12.1 Å². The lowest BCUT2D eigenvalue weighted by Gasteiger charge is -2.12. The average Bonchev–Trinajstić information content (AvgIpc) is 2.14. The normalized spacial score (nSPS) is 10.9. The lowest BCUT2D eigenvalue weighted by atomic mass is 10.2. The first kappa shape index (κ1) is 12.5. The van der Waals surface area contributed by atoms with Crippen LogP contribution in [0.3, 0.4) is 0 Å². The molecule has 0 aromatic heterocycles. The summed E-state index contributed by atoms with van der Waals surface area (Å²) in [5, 5.41) is 0. The molecule has 86 valence electrons. The Bertz CT molecular complexity index is 391. The molecule has 0 atom stereocenters.